The van der Waals surface area contributed by atoms with Crippen LogP contribution >= 0.6 is 0 Å². The fourth-order valence-corrected chi connectivity index (χ4v) is 4.24. The highest BCUT2D eigenvalue weighted by atomic mass is 32.2. The zero-order valence-corrected chi connectivity index (χ0v) is 13.6. The second kappa shape index (κ2) is 6.39. The smallest absolute Gasteiger partial charge is 0.243 e. The van der Waals surface area contributed by atoms with Crippen LogP contribution in [0.1, 0.15) is 11.1 Å². The van der Waals surface area contributed by atoms with Crippen LogP contribution in [-0.2, 0) is 21.4 Å². The van der Waals surface area contributed by atoms with E-state index in [1.807, 2.05) is 6.07 Å². The van der Waals surface area contributed by atoms with Crippen LogP contribution in [0.2, 0.25) is 0 Å². The number of aryl methyl sites for hydroxylation is 1. The lowest BCUT2D eigenvalue weighted by Gasteiger charge is -2.38. The predicted molar refractivity (Wildman–Crippen MR) is 84.9 cm³/mol. The molecule has 0 atom stereocenters. The summed E-state index contributed by atoms with van der Waals surface area (Å²) in [6.07, 6.45) is -0.201. The maximum atomic E-state index is 13.5. The fourth-order valence-electron chi connectivity index (χ4n) is 2.51. The number of hydrogen-bond acceptors (Lipinski definition) is 3. The number of hydrogen-bond donors (Lipinski definition) is 0. The molecule has 6 heteroatoms. The standard InChI is InChI=1S/C17H18FNO3S/c1-13-6-2-5-9-17(13)23(20,21)19-10-15(11-19)22-12-14-7-3-4-8-16(14)18/h2-9,15H,10-12H2,1H3. The van der Waals surface area contributed by atoms with Gasteiger partial charge in [-0.2, -0.15) is 4.31 Å². The van der Waals surface area contributed by atoms with Gasteiger partial charge in [0.1, 0.15) is 5.82 Å². The molecule has 0 saturated carbocycles. The fraction of sp³-hybridized carbons (Fsp3) is 0.294. The molecule has 0 aromatic heterocycles. The lowest BCUT2D eigenvalue weighted by atomic mass is 10.2. The van der Waals surface area contributed by atoms with Gasteiger partial charge >= 0.3 is 0 Å². The zero-order chi connectivity index (χ0) is 16.4. The van der Waals surface area contributed by atoms with E-state index in [1.54, 1.807) is 43.3 Å². The minimum Gasteiger partial charge on any atom is -0.371 e. The molecule has 1 aliphatic heterocycles. The van der Waals surface area contributed by atoms with Crippen molar-refractivity contribution in [2.75, 3.05) is 13.1 Å². The molecule has 0 amide bonds. The zero-order valence-electron chi connectivity index (χ0n) is 12.8. The molecule has 0 aliphatic carbocycles. The number of halogens is 1. The van der Waals surface area contributed by atoms with Crippen molar-refractivity contribution in [3.05, 3.63) is 65.5 Å². The van der Waals surface area contributed by atoms with Crippen LogP contribution in [0.4, 0.5) is 4.39 Å². The lowest BCUT2D eigenvalue weighted by Crippen LogP contribution is -2.54. The molecule has 0 spiro atoms. The van der Waals surface area contributed by atoms with Gasteiger partial charge in [0, 0.05) is 18.7 Å². The molecule has 0 radical (unpaired) electrons. The summed E-state index contributed by atoms with van der Waals surface area (Å²) < 4.78 is 45.5. The van der Waals surface area contributed by atoms with Crippen molar-refractivity contribution in [3.8, 4) is 0 Å². The maximum Gasteiger partial charge on any atom is 0.243 e. The van der Waals surface area contributed by atoms with E-state index in [-0.39, 0.29) is 18.5 Å². The number of rotatable bonds is 5. The highest BCUT2D eigenvalue weighted by Gasteiger charge is 2.37. The first kappa shape index (κ1) is 16.1. The van der Waals surface area contributed by atoms with Gasteiger partial charge in [0.25, 0.3) is 0 Å². The summed E-state index contributed by atoms with van der Waals surface area (Å²) in [7, 11) is -3.48. The van der Waals surface area contributed by atoms with Gasteiger partial charge in [-0.15, -0.1) is 0 Å². The average Bonchev–Trinajstić information content (AvgIpc) is 2.47. The Labute approximate surface area is 135 Å². The Hall–Kier alpha value is -1.76. The Bertz CT molecular complexity index is 801. The number of nitrogens with zero attached hydrogens (tertiary/aromatic N) is 1. The number of benzene rings is 2. The van der Waals surface area contributed by atoms with Crippen molar-refractivity contribution < 1.29 is 17.5 Å². The summed E-state index contributed by atoms with van der Waals surface area (Å²) >= 11 is 0. The largest absolute Gasteiger partial charge is 0.371 e. The molecule has 1 fully saturated rings. The van der Waals surface area contributed by atoms with Crippen LogP contribution in [0.15, 0.2) is 53.4 Å². The van der Waals surface area contributed by atoms with Crippen LogP contribution in [0.3, 0.4) is 0 Å². The molecule has 1 saturated heterocycles. The van der Waals surface area contributed by atoms with Gasteiger partial charge in [0.15, 0.2) is 0 Å². The Kier molecular flexibility index (Phi) is 4.48. The van der Waals surface area contributed by atoms with Crippen molar-refractivity contribution in [3.63, 3.8) is 0 Å². The number of sulfonamides is 1. The quantitative estimate of drug-likeness (QED) is 0.844. The molecular formula is C17H18FNO3S. The third kappa shape index (κ3) is 3.29. The Morgan fingerprint density at radius 1 is 1.13 bits per heavy atom. The first-order valence-corrected chi connectivity index (χ1v) is 8.83. The van der Waals surface area contributed by atoms with Gasteiger partial charge in [0.05, 0.1) is 17.6 Å². The van der Waals surface area contributed by atoms with Crippen molar-refractivity contribution in [1.29, 1.82) is 0 Å². The third-order valence-electron chi connectivity index (χ3n) is 3.96. The number of ether oxygens (including phenoxy) is 1. The molecule has 0 bridgehead atoms. The van der Waals surface area contributed by atoms with Crippen LogP contribution in [-0.4, -0.2) is 31.9 Å². The minimum atomic E-state index is -3.48. The molecule has 23 heavy (non-hydrogen) atoms. The van der Waals surface area contributed by atoms with E-state index >= 15 is 0 Å². The normalized spacial score (nSPS) is 16.3. The van der Waals surface area contributed by atoms with Crippen LogP contribution in [0, 0.1) is 12.7 Å². The summed E-state index contributed by atoms with van der Waals surface area (Å²) in [5.74, 6) is -0.309. The summed E-state index contributed by atoms with van der Waals surface area (Å²) in [6.45, 7) is 2.52. The molecule has 0 N–H and O–H groups in total. The van der Waals surface area contributed by atoms with E-state index in [1.165, 1.54) is 10.4 Å². The van der Waals surface area contributed by atoms with Gasteiger partial charge in [-0.25, -0.2) is 12.8 Å². The van der Waals surface area contributed by atoms with Crippen molar-refractivity contribution in [2.45, 2.75) is 24.5 Å². The molecule has 1 aliphatic rings. The van der Waals surface area contributed by atoms with Crippen molar-refractivity contribution in [2.24, 2.45) is 0 Å². The van der Waals surface area contributed by atoms with E-state index in [0.717, 1.165) is 5.56 Å². The molecule has 122 valence electrons. The van der Waals surface area contributed by atoms with Crippen LogP contribution in [0.5, 0.6) is 0 Å². The maximum absolute atomic E-state index is 13.5. The second-order valence-corrected chi connectivity index (χ2v) is 7.52. The third-order valence-corrected chi connectivity index (χ3v) is 5.95. The Balaban J connectivity index is 1.59. The van der Waals surface area contributed by atoms with E-state index in [2.05, 4.69) is 0 Å². The molecule has 3 rings (SSSR count). The van der Waals surface area contributed by atoms with E-state index in [4.69, 9.17) is 4.74 Å². The average molecular weight is 335 g/mol. The van der Waals surface area contributed by atoms with Crippen LogP contribution < -0.4 is 0 Å². The van der Waals surface area contributed by atoms with Crippen molar-refractivity contribution >= 4 is 10.0 Å². The second-order valence-electron chi connectivity index (χ2n) is 5.61. The minimum absolute atomic E-state index is 0.148. The van der Waals surface area contributed by atoms with Gasteiger partial charge < -0.3 is 4.74 Å². The summed E-state index contributed by atoms with van der Waals surface area (Å²) in [6, 6.07) is 13.3. The lowest BCUT2D eigenvalue weighted by molar-refractivity contribution is -0.0304. The van der Waals surface area contributed by atoms with Gasteiger partial charge in [-0.05, 0) is 24.6 Å². The molecular weight excluding hydrogens is 317 g/mol. The van der Waals surface area contributed by atoms with Gasteiger partial charge in [-0.3, -0.25) is 0 Å². The first-order valence-electron chi connectivity index (χ1n) is 7.39. The molecule has 2 aromatic carbocycles. The summed E-state index contributed by atoms with van der Waals surface area (Å²) in [5, 5.41) is 0. The molecule has 2 aromatic rings. The van der Waals surface area contributed by atoms with E-state index < -0.39 is 10.0 Å². The predicted octanol–water partition coefficient (Wildman–Crippen LogP) is 2.72. The monoisotopic (exact) mass is 335 g/mol. The van der Waals surface area contributed by atoms with Crippen LogP contribution in [0.25, 0.3) is 0 Å². The van der Waals surface area contributed by atoms with Crippen molar-refractivity contribution in [1.82, 2.24) is 4.31 Å². The van der Waals surface area contributed by atoms with E-state index in [9.17, 15) is 12.8 Å². The highest BCUT2D eigenvalue weighted by molar-refractivity contribution is 7.89. The first-order chi connectivity index (χ1) is 11.0. The van der Waals surface area contributed by atoms with E-state index in [0.29, 0.717) is 23.5 Å². The van der Waals surface area contributed by atoms with Gasteiger partial charge in [0.2, 0.25) is 10.0 Å². The summed E-state index contributed by atoms with van der Waals surface area (Å²) in [4.78, 5) is 0.326. The topological polar surface area (TPSA) is 46.6 Å². The highest BCUT2D eigenvalue weighted by Crippen LogP contribution is 2.25. The Morgan fingerprint density at radius 3 is 2.48 bits per heavy atom. The van der Waals surface area contributed by atoms with Gasteiger partial charge in [-0.1, -0.05) is 36.4 Å². The molecule has 4 nitrogen and oxygen atoms in total. The molecule has 1 heterocycles. The molecule has 0 unspecified atom stereocenters. The SMILES string of the molecule is Cc1ccccc1S(=O)(=O)N1CC(OCc2ccccc2F)C1. The Morgan fingerprint density at radius 2 is 1.78 bits per heavy atom. The summed E-state index contributed by atoms with van der Waals surface area (Å²) in [5.41, 5.74) is 1.20.